The van der Waals surface area contributed by atoms with Gasteiger partial charge < -0.3 is 5.73 Å². The normalized spacial score (nSPS) is 11.0. The van der Waals surface area contributed by atoms with Gasteiger partial charge in [0.05, 0.1) is 11.7 Å². The van der Waals surface area contributed by atoms with E-state index in [0.29, 0.717) is 5.69 Å². The van der Waals surface area contributed by atoms with Gasteiger partial charge in [0.2, 0.25) is 5.95 Å². The lowest BCUT2D eigenvalue weighted by atomic mass is 9.99. The molecule has 0 saturated carbocycles. The predicted molar refractivity (Wildman–Crippen MR) is 94.1 cm³/mol. The van der Waals surface area contributed by atoms with E-state index in [4.69, 9.17) is 5.73 Å². The van der Waals surface area contributed by atoms with Crippen LogP contribution in [-0.4, -0.2) is 25.4 Å². The number of nitrogens with zero attached hydrogens (tertiary/aromatic N) is 4. The SMILES string of the molecule is CCc1cc(-c2nnc(N)nc2-c2ccccc2)cc2cn[nH]c12. The Hall–Kier alpha value is -3.28. The van der Waals surface area contributed by atoms with Crippen LogP contribution in [0.25, 0.3) is 33.4 Å². The van der Waals surface area contributed by atoms with Gasteiger partial charge in [-0.3, -0.25) is 5.10 Å². The molecule has 6 nitrogen and oxygen atoms in total. The number of nitrogen functional groups attached to an aromatic ring is 1. The summed E-state index contributed by atoms with van der Waals surface area (Å²) in [5, 5.41) is 16.5. The van der Waals surface area contributed by atoms with E-state index in [2.05, 4.69) is 38.4 Å². The van der Waals surface area contributed by atoms with Crippen LogP contribution in [0.1, 0.15) is 12.5 Å². The van der Waals surface area contributed by atoms with E-state index in [1.807, 2.05) is 42.6 Å². The van der Waals surface area contributed by atoms with Crippen molar-refractivity contribution in [1.29, 1.82) is 0 Å². The highest BCUT2D eigenvalue weighted by Crippen LogP contribution is 2.31. The van der Waals surface area contributed by atoms with E-state index in [1.54, 1.807) is 0 Å². The van der Waals surface area contributed by atoms with Gasteiger partial charge in [0, 0.05) is 16.5 Å². The Morgan fingerprint density at radius 3 is 2.62 bits per heavy atom. The van der Waals surface area contributed by atoms with Crippen molar-refractivity contribution in [3.05, 3.63) is 54.2 Å². The van der Waals surface area contributed by atoms with Crippen molar-refractivity contribution in [3.63, 3.8) is 0 Å². The maximum Gasteiger partial charge on any atom is 0.240 e. The minimum absolute atomic E-state index is 0.165. The van der Waals surface area contributed by atoms with Crippen molar-refractivity contribution in [3.8, 4) is 22.5 Å². The van der Waals surface area contributed by atoms with Crippen LogP contribution in [0.3, 0.4) is 0 Å². The van der Waals surface area contributed by atoms with Crippen molar-refractivity contribution >= 4 is 16.9 Å². The second kappa shape index (κ2) is 5.73. The van der Waals surface area contributed by atoms with Crippen molar-refractivity contribution < 1.29 is 0 Å². The fourth-order valence-electron chi connectivity index (χ4n) is 2.88. The molecule has 0 aliphatic carbocycles. The van der Waals surface area contributed by atoms with Crippen molar-refractivity contribution in [1.82, 2.24) is 25.4 Å². The van der Waals surface area contributed by atoms with Crippen LogP contribution >= 0.6 is 0 Å². The third-order valence-electron chi connectivity index (χ3n) is 4.04. The topological polar surface area (TPSA) is 93.4 Å². The molecule has 0 atom stereocenters. The predicted octanol–water partition coefficient (Wildman–Crippen LogP) is 3.23. The highest BCUT2D eigenvalue weighted by molar-refractivity contribution is 5.89. The van der Waals surface area contributed by atoms with E-state index in [0.717, 1.165) is 34.1 Å². The first kappa shape index (κ1) is 14.3. The second-order valence-corrected chi connectivity index (χ2v) is 5.56. The first-order valence-electron chi connectivity index (χ1n) is 7.78. The number of hydrogen-bond acceptors (Lipinski definition) is 5. The zero-order valence-electron chi connectivity index (χ0n) is 13.2. The number of benzene rings is 2. The summed E-state index contributed by atoms with van der Waals surface area (Å²) < 4.78 is 0. The molecule has 0 unspecified atom stereocenters. The molecule has 0 aliphatic heterocycles. The monoisotopic (exact) mass is 316 g/mol. The van der Waals surface area contributed by atoms with Crippen LogP contribution in [-0.2, 0) is 6.42 Å². The molecule has 0 aliphatic rings. The standard InChI is InChI=1S/C18H16N6/c1-2-11-8-13(9-14-10-20-22-15(11)14)17-16(21-18(19)24-23-17)12-6-4-3-5-7-12/h3-10H,2H2,1H3,(H,20,22)(H2,19,21,24). The molecule has 0 bridgehead atoms. The van der Waals surface area contributed by atoms with E-state index in [-0.39, 0.29) is 5.95 Å². The van der Waals surface area contributed by atoms with Crippen LogP contribution in [0.2, 0.25) is 0 Å². The van der Waals surface area contributed by atoms with Gasteiger partial charge in [0.25, 0.3) is 0 Å². The molecule has 0 saturated heterocycles. The Bertz CT molecular complexity index is 1010. The second-order valence-electron chi connectivity index (χ2n) is 5.56. The summed E-state index contributed by atoms with van der Waals surface area (Å²) in [4.78, 5) is 4.42. The average molecular weight is 316 g/mol. The molecule has 24 heavy (non-hydrogen) atoms. The molecule has 2 aromatic heterocycles. The van der Waals surface area contributed by atoms with Crippen LogP contribution in [0.15, 0.2) is 48.7 Å². The fourth-order valence-corrected chi connectivity index (χ4v) is 2.88. The number of anilines is 1. The Morgan fingerprint density at radius 2 is 1.83 bits per heavy atom. The van der Waals surface area contributed by atoms with Crippen LogP contribution in [0.5, 0.6) is 0 Å². The molecule has 3 N–H and O–H groups in total. The largest absolute Gasteiger partial charge is 0.366 e. The first-order chi connectivity index (χ1) is 11.8. The molecule has 2 heterocycles. The fraction of sp³-hybridized carbons (Fsp3) is 0.111. The molecular weight excluding hydrogens is 300 g/mol. The van der Waals surface area contributed by atoms with Crippen molar-refractivity contribution in [2.75, 3.05) is 5.73 Å². The zero-order chi connectivity index (χ0) is 16.5. The maximum atomic E-state index is 5.77. The highest BCUT2D eigenvalue weighted by atomic mass is 15.2. The van der Waals surface area contributed by atoms with E-state index in [9.17, 15) is 0 Å². The quantitative estimate of drug-likeness (QED) is 0.605. The third kappa shape index (κ3) is 2.38. The number of nitrogens with two attached hydrogens (primary N) is 1. The van der Waals surface area contributed by atoms with Crippen LogP contribution < -0.4 is 5.73 Å². The molecular formula is C18H16N6. The Morgan fingerprint density at radius 1 is 1.00 bits per heavy atom. The molecule has 4 rings (SSSR count). The maximum absolute atomic E-state index is 5.77. The lowest BCUT2D eigenvalue weighted by Gasteiger charge is -2.10. The van der Waals surface area contributed by atoms with E-state index in [1.165, 1.54) is 5.56 Å². The summed E-state index contributed by atoms with van der Waals surface area (Å²) >= 11 is 0. The van der Waals surface area contributed by atoms with E-state index < -0.39 is 0 Å². The summed E-state index contributed by atoms with van der Waals surface area (Å²) in [7, 11) is 0. The van der Waals surface area contributed by atoms with Gasteiger partial charge in [0.15, 0.2) is 0 Å². The molecule has 0 radical (unpaired) electrons. The van der Waals surface area contributed by atoms with Gasteiger partial charge in [-0.15, -0.1) is 10.2 Å². The number of aromatic amines is 1. The van der Waals surface area contributed by atoms with Gasteiger partial charge in [-0.05, 0) is 24.1 Å². The number of aromatic nitrogens is 5. The number of rotatable bonds is 3. The van der Waals surface area contributed by atoms with Gasteiger partial charge in [-0.25, -0.2) is 4.98 Å². The lowest BCUT2D eigenvalue weighted by molar-refractivity contribution is 0.996. The molecule has 4 aromatic rings. The van der Waals surface area contributed by atoms with Crippen LogP contribution in [0, 0.1) is 0 Å². The minimum Gasteiger partial charge on any atom is -0.366 e. The van der Waals surface area contributed by atoms with Crippen molar-refractivity contribution in [2.24, 2.45) is 0 Å². The number of nitrogens with one attached hydrogen (secondary N) is 1. The summed E-state index contributed by atoms with van der Waals surface area (Å²) in [6.45, 7) is 2.12. The Kier molecular flexibility index (Phi) is 3.42. The van der Waals surface area contributed by atoms with Crippen LogP contribution in [0.4, 0.5) is 5.95 Å². The average Bonchev–Trinajstić information content (AvgIpc) is 3.10. The molecule has 0 fully saturated rings. The number of H-pyrrole nitrogens is 1. The van der Waals surface area contributed by atoms with Gasteiger partial charge in [-0.2, -0.15) is 5.10 Å². The molecule has 6 heteroatoms. The summed E-state index contributed by atoms with van der Waals surface area (Å²) in [6, 6.07) is 14.0. The van der Waals surface area contributed by atoms with Crippen molar-refractivity contribution in [2.45, 2.75) is 13.3 Å². The summed E-state index contributed by atoms with van der Waals surface area (Å²) in [5.74, 6) is 0.165. The Labute approximate surface area is 138 Å². The highest BCUT2D eigenvalue weighted by Gasteiger charge is 2.15. The first-order valence-corrected chi connectivity index (χ1v) is 7.78. The number of aryl methyl sites for hydroxylation is 1. The summed E-state index contributed by atoms with van der Waals surface area (Å²) in [5.41, 5.74) is 11.4. The van der Waals surface area contributed by atoms with Gasteiger partial charge >= 0.3 is 0 Å². The zero-order valence-corrected chi connectivity index (χ0v) is 13.2. The minimum atomic E-state index is 0.165. The molecule has 2 aromatic carbocycles. The van der Waals surface area contributed by atoms with Gasteiger partial charge in [0.1, 0.15) is 11.4 Å². The number of hydrogen-bond donors (Lipinski definition) is 2. The summed E-state index contributed by atoms with van der Waals surface area (Å²) in [6.07, 6.45) is 2.71. The van der Waals surface area contributed by atoms with E-state index >= 15 is 0 Å². The smallest absolute Gasteiger partial charge is 0.240 e. The molecule has 0 spiro atoms. The third-order valence-corrected chi connectivity index (χ3v) is 4.04. The Balaban J connectivity index is 1.97. The van der Waals surface area contributed by atoms with Gasteiger partial charge in [-0.1, -0.05) is 37.3 Å². The molecule has 118 valence electrons. The lowest BCUT2D eigenvalue weighted by Crippen LogP contribution is -2.02. The molecule has 0 amide bonds. The number of fused-ring (bicyclic) bond motifs is 1.